The average Bonchev–Trinajstić information content (AvgIpc) is 3.70. The minimum Gasteiger partial charge on any atom is -0.310 e. The van der Waals surface area contributed by atoms with Crippen LogP contribution in [0.5, 0.6) is 0 Å². The molecule has 0 saturated carbocycles. The van der Waals surface area contributed by atoms with Crippen LogP contribution in [-0.2, 0) is 0 Å². The predicted molar refractivity (Wildman–Crippen MR) is 258 cm³/mol. The molecule has 0 N–H and O–H groups in total. The zero-order valence-electron chi connectivity index (χ0n) is 34.1. The fourth-order valence-electron chi connectivity index (χ4n) is 8.31. The molecule has 2 aromatic heterocycles. The molecule has 0 fully saturated rings. The molecule has 0 atom stereocenters. The van der Waals surface area contributed by atoms with E-state index in [9.17, 15) is 0 Å². The van der Waals surface area contributed by atoms with Crippen molar-refractivity contribution >= 4 is 61.6 Å². The fraction of sp³-hybridized carbons (Fsp3) is 0. The van der Waals surface area contributed by atoms with Crippen LogP contribution in [0.4, 0.5) is 39.8 Å². The zero-order chi connectivity index (χ0) is 43.6. The van der Waals surface area contributed by atoms with Gasteiger partial charge in [-0.15, -0.1) is 0 Å². The van der Waals surface area contributed by atoms with Gasteiger partial charge in [-0.25, -0.2) is 29.3 Å². The first kappa shape index (κ1) is 38.6. The van der Waals surface area contributed by atoms with Crippen molar-refractivity contribution in [1.29, 1.82) is 0 Å². The summed E-state index contributed by atoms with van der Waals surface area (Å²) in [5.74, 6) is 0.380. The van der Waals surface area contributed by atoms with Gasteiger partial charge in [0.15, 0.2) is 28.6 Å². The molecule has 296 valence electrons. The maximum atomic E-state index is 8.33. The minimum atomic E-state index is 0.314. The summed E-state index contributed by atoms with van der Waals surface area (Å²) in [7, 11) is 0. The highest BCUT2D eigenvalue weighted by molar-refractivity contribution is 6.10. The molecule has 0 bridgehead atoms. The summed E-state index contributed by atoms with van der Waals surface area (Å²) >= 11 is 0. The Balaban J connectivity index is 1.06. The maximum Gasteiger partial charge on any atom is 0.187 e. The van der Waals surface area contributed by atoms with Crippen LogP contribution < -0.4 is 4.90 Å². The molecule has 0 aliphatic carbocycles. The van der Waals surface area contributed by atoms with E-state index in [-0.39, 0.29) is 0 Å². The molecule has 8 heteroatoms. The molecule has 10 rings (SSSR count). The quantitative estimate of drug-likeness (QED) is 0.144. The molecule has 0 spiro atoms. The third-order valence-corrected chi connectivity index (χ3v) is 11.2. The Morgan fingerprint density at radius 1 is 0.391 bits per heavy atom. The lowest BCUT2D eigenvalue weighted by molar-refractivity contribution is 1.18. The molecule has 8 nitrogen and oxygen atoms in total. The smallest absolute Gasteiger partial charge is 0.187 e. The third kappa shape index (κ3) is 7.02. The molecule has 64 heavy (non-hydrogen) atoms. The summed E-state index contributed by atoms with van der Waals surface area (Å²) < 4.78 is 2.26. The Labute approximate surface area is 370 Å². The second-order valence-corrected chi connectivity index (χ2v) is 15.0. The van der Waals surface area contributed by atoms with Crippen molar-refractivity contribution in [3.05, 3.63) is 240 Å². The number of para-hydroxylation sites is 3. The van der Waals surface area contributed by atoms with Crippen LogP contribution in [0.2, 0.25) is 0 Å². The standard InChI is InChI=1S/C56H32N8/c1-57-41-17-13-15-38(31-41)49-36-50(62-56(61-49)39-16-14-18-42(32-39)58-2)40-33-51(59-3)55(52(34-40)60-4)37-25-27-45(28-26-37)64-53-24-12-11-23-47(53)48-35-46(29-30-54(48)64)63(43-19-7-5-8-20-43)44-21-9-6-10-22-44/h5-36H. The van der Waals surface area contributed by atoms with Crippen molar-refractivity contribution < 1.29 is 0 Å². The molecule has 0 aliphatic heterocycles. The predicted octanol–water partition coefficient (Wildman–Crippen LogP) is 15.9. The Hall–Kier alpha value is -9.60. The number of hydrogen-bond donors (Lipinski definition) is 0. The lowest BCUT2D eigenvalue weighted by atomic mass is 9.97. The van der Waals surface area contributed by atoms with E-state index in [0.29, 0.717) is 56.7 Å². The third-order valence-electron chi connectivity index (χ3n) is 11.2. The van der Waals surface area contributed by atoms with E-state index in [2.05, 4.69) is 120 Å². The van der Waals surface area contributed by atoms with Crippen LogP contribution in [-0.4, -0.2) is 14.5 Å². The number of nitrogens with zero attached hydrogens (tertiary/aromatic N) is 8. The number of hydrogen-bond acceptors (Lipinski definition) is 3. The van der Waals surface area contributed by atoms with Crippen molar-refractivity contribution in [3.63, 3.8) is 0 Å². The van der Waals surface area contributed by atoms with Gasteiger partial charge in [0.1, 0.15) is 0 Å². The lowest BCUT2D eigenvalue weighted by Crippen LogP contribution is -2.09. The largest absolute Gasteiger partial charge is 0.310 e. The SMILES string of the molecule is [C-]#[N+]c1cccc(-c2cc(-c3cc([N+]#[C-])c(-c4ccc(-n5c6ccccc6c6cc(N(c7ccccc7)c7ccccc7)ccc65)cc4)c([N+]#[C-])c3)nc(-c3cccc([N+]#[C-])c3)n2)c1. The van der Waals surface area contributed by atoms with Gasteiger partial charge in [0.25, 0.3) is 0 Å². The van der Waals surface area contributed by atoms with Gasteiger partial charge in [-0.2, -0.15) is 0 Å². The van der Waals surface area contributed by atoms with Crippen molar-refractivity contribution in [1.82, 2.24) is 14.5 Å². The van der Waals surface area contributed by atoms with Gasteiger partial charge >= 0.3 is 0 Å². The Morgan fingerprint density at radius 3 is 1.58 bits per heavy atom. The second kappa shape index (κ2) is 16.5. The highest BCUT2D eigenvalue weighted by atomic mass is 15.1. The topological polar surface area (TPSA) is 51.4 Å². The summed E-state index contributed by atoms with van der Waals surface area (Å²) in [4.78, 5) is 27.2. The summed E-state index contributed by atoms with van der Waals surface area (Å²) in [5.41, 5.74) is 12.1. The second-order valence-electron chi connectivity index (χ2n) is 15.0. The zero-order valence-corrected chi connectivity index (χ0v) is 34.1. The molecule has 0 unspecified atom stereocenters. The van der Waals surface area contributed by atoms with Crippen molar-refractivity contribution in [3.8, 4) is 50.7 Å². The Kier molecular flexibility index (Phi) is 9.92. The van der Waals surface area contributed by atoms with Gasteiger partial charge in [0.05, 0.1) is 48.7 Å². The minimum absolute atomic E-state index is 0.314. The van der Waals surface area contributed by atoms with Gasteiger partial charge in [-0.05, 0) is 113 Å². The summed E-state index contributed by atoms with van der Waals surface area (Å²) in [6, 6.07) is 63.4. The van der Waals surface area contributed by atoms with E-state index in [1.54, 1.807) is 42.5 Å². The molecule has 0 radical (unpaired) electrons. The molecule has 10 aromatic rings. The number of aromatic nitrogens is 3. The van der Waals surface area contributed by atoms with Crippen LogP contribution in [0, 0.1) is 26.3 Å². The van der Waals surface area contributed by atoms with Gasteiger partial charge in [0, 0.05) is 39.1 Å². The molecule has 0 amide bonds. The first-order valence-corrected chi connectivity index (χ1v) is 20.4. The highest BCUT2D eigenvalue weighted by Crippen LogP contribution is 2.44. The number of benzene rings is 8. The Morgan fingerprint density at radius 2 is 0.953 bits per heavy atom. The molecular formula is C56H32N8. The fourth-order valence-corrected chi connectivity index (χ4v) is 8.31. The van der Waals surface area contributed by atoms with Gasteiger partial charge in [0.2, 0.25) is 0 Å². The molecule has 2 heterocycles. The van der Waals surface area contributed by atoms with E-state index in [1.165, 1.54) is 0 Å². The van der Waals surface area contributed by atoms with E-state index in [4.69, 9.17) is 36.3 Å². The van der Waals surface area contributed by atoms with E-state index in [0.717, 1.165) is 55.7 Å². The maximum absolute atomic E-state index is 8.33. The lowest BCUT2D eigenvalue weighted by Gasteiger charge is -2.25. The monoisotopic (exact) mass is 816 g/mol. The molecule has 0 saturated heterocycles. The van der Waals surface area contributed by atoms with Gasteiger partial charge < -0.3 is 9.47 Å². The van der Waals surface area contributed by atoms with Gasteiger partial charge in [-0.1, -0.05) is 103 Å². The summed E-state index contributed by atoms with van der Waals surface area (Å²) in [5, 5.41) is 2.24. The number of fused-ring (bicyclic) bond motifs is 3. The van der Waals surface area contributed by atoms with E-state index >= 15 is 0 Å². The van der Waals surface area contributed by atoms with Crippen LogP contribution in [0.3, 0.4) is 0 Å². The van der Waals surface area contributed by atoms with Crippen molar-refractivity contribution in [2.24, 2.45) is 0 Å². The molecule has 0 aliphatic rings. The van der Waals surface area contributed by atoms with E-state index in [1.807, 2.05) is 60.7 Å². The van der Waals surface area contributed by atoms with Crippen LogP contribution in [0.15, 0.2) is 194 Å². The number of rotatable bonds is 8. The summed E-state index contributed by atoms with van der Waals surface area (Å²) in [6.07, 6.45) is 0. The van der Waals surface area contributed by atoms with Crippen LogP contribution >= 0.6 is 0 Å². The molecule has 8 aromatic carbocycles. The van der Waals surface area contributed by atoms with Crippen molar-refractivity contribution in [2.75, 3.05) is 4.90 Å². The van der Waals surface area contributed by atoms with Crippen LogP contribution in [0.25, 0.3) is 91.9 Å². The van der Waals surface area contributed by atoms with Crippen LogP contribution in [0.1, 0.15) is 0 Å². The first-order valence-electron chi connectivity index (χ1n) is 20.4. The highest BCUT2D eigenvalue weighted by Gasteiger charge is 2.20. The molecular weight excluding hydrogens is 785 g/mol. The van der Waals surface area contributed by atoms with Crippen molar-refractivity contribution in [2.45, 2.75) is 0 Å². The Bertz CT molecular complexity index is 3450. The normalized spacial score (nSPS) is 10.8. The number of anilines is 3. The van der Waals surface area contributed by atoms with Gasteiger partial charge in [-0.3, -0.25) is 0 Å². The average molecular weight is 817 g/mol. The summed E-state index contributed by atoms with van der Waals surface area (Å²) in [6.45, 7) is 31.8. The first-order chi connectivity index (χ1) is 31.5. The van der Waals surface area contributed by atoms with E-state index < -0.39 is 0 Å².